The van der Waals surface area contributed by atoms with Gasteiger partial charge in [0.25, 0.3) is 0 Å². The lowest BCUT2D eigenvalue weighted by atomic mass is 9.67. The van der Waals surface area contributed by atoms with Crippen molar-refractivity contribution < 1.29 is 4.74 Å². The largest absolute Gasteiger partial charge is 0.377 e. The summed E-state index contributed by atoms with van der Waals surface area (Å²) in [5, 5.41) is 0. The molecule has 2 heteroatoms. The lowest BCUT2D eigenvalue weighted by molar-refractivity contribution is -0.0834. The number of hydrogen-bond donors (Lipinski definition) is 1. The average molecular weight is 279 g/mol. The molecule has 3 rings (SSSR count). The third-order valence-corrected chi connectivity index (χ3v) is 6.97. The predicted molar refractivity (Wildman–Crippen MR) is 83.5 cm³/mol. The van der Waals surface area contributed by atoms with Gasteiger partial charge in [-0.05, 0) is 74.5 Å². The summed E-state index contributed by atoms with van der Waals surface area (Å²) in [6.07, 6.45) is 11.9. The Morgan fingerprint density at radius 2 is 1.80 bits per heavy atom. The maximum absolute atomic E-state index is 6.67. The van der Waals surface area contributed by atoms with Crippen LogP contribution in [-0.4, -0.2) is 18.8 Å². The predicted octanol–water partition coefficient (Wildman–Crippen LogP) is 4.13. The molecule has 2 nitrogen and oxygen atoms in total. The van der Waals surface area contributed by atoms with Crippen LogP contribution in [0.3, 0.4) is 0 Å². The molecule has 3 aliphatic carbocycles. The Hall–Kier alpha value is -0.0800. The molecule has 0 radical (unpaired) electrons. The van der Waals surface area contributed by atoms with E-state index in [2.05, 4.69) is 13.8 Å². The fraction of sp³-hybridized carbons (Fsp3) is 1.00. The minimum absolute atomic E-state index is 0.0304. The SMILES string of the molecule is COC1(C(N)CC2CC3CCC2C3)CCC(C)(C)CC1. The topological polar surface area (TPSA) is 35.2 Å². The second kappa shape index (κ2) is 5.28. The zero-order valence-corrected chi connectivity index (χ0v) is 13.7. The van der Waals surface area contributed by atoms with E-state index in [9.17, 15) is 0 Å². The van der Waals surface area contributed by atoms with Crippen molar-refractivity contribution in [2.75, 3.05) is 7.11 Å². The van der Waals surface area contributed by atoms with Gasteiger partial charge in [0.1, 0.15) is 0 Å². The van der Waals surface area contributed by atoms with Gasteiger partial charge in [0, 0.05) is 13.2 Å². The van der Waals surface area contributed by atoms with Crippen molar-refractivity contribution in [3.8, 4) is 0 Å². The van der Waals surface area contributed by atoms with E-state index in [1.54, 1.807) is 0 Å². The van der Waals surface area contributed by atoms with Crippen molar-refractivity contribution in [3.05, 3.63) is 0 Å². The molecule has 116 valence electrons. The minimum atomic E-state index is -0.0304. The van der Waals surface area contributed by atoms with Crippen LogP contribution in [0.25, 0.3) is 0 Å². The van der Waals surface area contributed by atoms with Crippen LogP contribution in [0.1, 0.15) is 71.6 Å². The third-order valence-electron chi connectivity index (χ3n) is 6.97. The second-order valence-electron chi connectivity index (χ2n) is 8.71. The fourth-order valence-corrected chi connectivity index (χ4v) is 5.28. The van der Waals surface area contributed by atoms with Crippen molar-refractivity contribution >= 4 is 0 Å². The average Bonchev–Trinajstić information content (AvgIpc) is 3.01. The maximum atomic E-state index is 6.67. The van der Waals surface area contributed by atoms with Gasteiger partial charge < -0.3 is 10.5 Å². The molecule has 3 aliphatic rings. The molecule has 2 N–H and O–H groups in total. The molecule has 0 aromatic rings. The highest BCUT2D eigenvalue weighted by atomic mass is 16.5. The van der Waals surface area contributed by atoms with Crippen molar-refractivity contribution in [2.24, 2.45) is 28.9 Å². The fourth-order valence-electron chi connectivity index (χ4n) is 5.28. The first-order chi connectivity index (χ1) is 9.44. The first kappa shape index (κ1) is 14.8. The summed E-state index contributed by atoms with van der Waals surface area (Å²) in [5.74, 6) is 2.91. The summed E-state index contributed by atoms with van der Waals surface area (Å²) < 4.78 is 6.00. The summed E-state index contributed by atoms with van der Waals surface area (Å²) in [6.45, 7) is 4.77. The molecule has 0 amide bonds. The van der Waals surface area contributed by atoms with Gasteiger partial charge in [0.15, 0.2) is 0 Å². The van der Waals surface area contributed by atoms with Gasteiger partial charge in [0.05, 0.1) is 5.60 Å². The van der Waals surface area contributed by atoms with Crippen LogP contribution in [0.15, 0.2) is 0 Å². The van der Waals surface area contributed by atoms with Crippen molar-refractivity contribution in [1.29, 1.82) is 0 Å². The van der Waals surface area contributed by atoms with E-state index in [0.717, 1.165) is 30.6 Å². The molecule has 0 aromatic heterocycles. The van der Waals surface area contributed by atoms with E-state index < -0.39 is 0 Å². The second-order valence-corrected chi connectivity index (χ2v) is 8.71. The Morgan fingerprint density at radius 3 is 2.30 bits per heavy atom. The highest BCUT2D eigenvalue weighted by Crippen LogP contribution is 2.51. The van der Waals surface area contributed by atoms with Gasteiger partial charge in [-0.1, -0.05) is 20.3 Å². The van der Waals surface area contributed by atoms with Crippen molar-refractivity contribution in [2.45, 2.75) is 83.3 Å². The third kappa shape index (κ3) is 2.66. The summed E-state index contributed by atoms with van der Waals surface area (Å²) >= 11 is 0. The lowest BCUT2D eigenvalue weighted by Gasteiger charge is -2.46. The molecular formula is C18H33NO. The van der Waals surface area contributed by atoms with Crippen molar-refractivity contribution in [3.63, 3.8) is 0 Å². The first-order valence-corrected chi connectivity index (χ1v) is 8.75. The van der Waals surface area contributed by atoms with Crippen molar-refractivity contribution in [1.82, 2.24) is 0 Å². The van der Waals surface area contributed by atoms with Gasteiger partial charge in [-0.25, -0.2) is 0 Å². The van der Waals surface area contributed by atoms with Gasteiger partial charge in [0.2, 0.25) is 0 Å². The van der Waals surface area contributed by atoms with E-state index in [-0.39, 0.29) is 11.6 Å². The Bertz CT molecular complexity index is 341. The Balaban J connectivity index is 1.61. The number of hydrogen-bond acceptors (Lipinski definition) is 2. The molecule has 20 heavy (non-hydrogen) atoms. The van der Waals surface area contributed by atoms with Crippen LogP contribution in [0, 0.1) is 23.2 Å². The van der Waals surface area contributed by atoms with Gasteiger partial charge in [-0.15, -0.1) is 0 Å². The molecule has 3 saturated carbocycles. The van der Waals surface area contributed by atoms with E-state index in [4.69, 9.17) is 10.5 Å². The molecular weight excluding hydrogens is 246 g/mol. The summed E-state index contributed by atoms with van der Waals surface area (Å²) in [6, 6.07) is 0.243. The lowest BCUT2D eigenvalue weighted by Crippen LogP contribution is -2.53. The Labute approximate surface area is 124 Å². The molecule has 4 atom stereocenters. The maximum Gasteiger partial charge on any atom is 0.0829 e. The normalized spacial score (nSPS) is 39.9. The van der Waals surface area contributed by atoms with Gasteiger partial charge >= 0.3 is 0 Å². The molecule has 2 bridgehead atoms. The summed E-state index contributed by atoms with van der Waals surface area (Å²) in [5.41, 5.74) is 7.12. The number of ether oxygens (including phenoxy) is 1. The minimum Gasteiger partial charge on any atom is -0.377 e. The van der Waals surface area contributed by atoms with Crippen LogP contribution < -0.4 is 5.73 Å². The van der Waals surface area contributed by atoms with E-state index in [1.165, 1.54) is 44.9 Å². The highest BCUT2D eigenvalue weighted by molar-refractivity contribution is 5.00. The van der Waals surface area contributed by atoms with Gasteiger partial charge in [-0.3, -0.25) is 0 Å². The van der Waals surface area contributed by atoms with Gasteiger partial charge in [-0.2, -0.15) is 0 Å². The van der Waals surface area contributed by atoms with E-state index in [1.807, 2.05) is 7.11 Å². The Morgan fingerprint density at radius 1 is 1.10 bits per heavy atom. The zero-order chi connectivity index (χ0) is 14.4. The molecule has 0 saturated heterocycles. The first-order valence-electron chi connectivity index (χ1n) is 8.75. The molecule has 0 spiro atoms. The molecule has 3 fully saturated rings. The van der Waals surface area contributed by atoms with Crippen LogP contribution in [0.4, 0.5) is 0 Å². The van der Waals surface area contributed by atoms with Crippen LogP contribution in [-0.2, 0) is 4.74 Å². The smallest absolute Gasteiger partial charge is 0.0829 e. The van der Waals surface area contributed by atoms with Crippen LogP contribution >= 0.6 is 0 Å². The quantitative estimate of drug-likeness (QED) is 0.840. The summed E-state index contributed by atoms with van der Waals surface area (Å²) in [7, 11) is 1.89. The number of fused-ring (bicyclic) bond motifs is 2. The molecule has 0 heterocycles. The standard InChI is InChI=1S/C18H33NO/c1-17(2)6-8-18(20-3,9-7-17)16(19)12-15-11-13-4-5-14(15)10-13/h13-16H,4-12,19H2,1-3H3. The van der Waals surface area contributed by atoms with E-state index >= 15 is 0 Å². The summed E-state index contributed by atoms with van der Waals surface area (Å²) in [4.78, 5) is 0. The Kier molecular flexibility index (Phi) is 3.92. The molecule has 0 aromatic carbocycles. The molecule has 4 unspecified atom stereocenters. The number of methoxy groups -OCH3 is 1. The highest BCUT2D eigenvalue weighted by Gasteiger charge is 2.46. The molecule has 0 aliphatic heterocycles. The monoisotopic (exact) mass is 279 g/mol. The number of rotatable bonds is 4. The van der Waals surface area contributed by atoms with E-state index in [0.29, 0.717) is 5.41 Å². The van der Waals surface area contributed by atoms with Crippen LogP contribution in [0.5, 0.6) is 0 Å². The number of nitrogens with two attached hydrogens (primary N) is 1. The van der Waals surface area contributed by atoms with Crippen LogP contribution in [0.2, 0.25) is 0 Å². The zero-order valence-electron chi connectivity index (χ0n) is 13.7.